The Morgan fingerprint density at radius 1 is 1.00 bits per heavy atom. The van der Waals surface area contributed by atoms with Gasteiger partial charge in [-0.05, 0) is 55.0 Å². The Morgan fingerprint density at radius 2 is 1.71 bits per heavy atom. The average molecular weight is 404 g/mol. The fourth-order valence-corrected chi connectivity index (χ4v) is 4.38. The van der Waals surface area contributed by atoms with Gasteiger partial charge in [0.2, 0.25) is 11.7 Å². The molecule has 0 radical (unpaired) electrons. The maximum absolute atomic E-state index is 12.2. The first kappa shape index (κ1) is 20.0. The number of nitrogens with one attached hydrogen (secondary N) is 2. The molecule has 1 aromatic carbocycles. The lowest BCUT2D eigenvalue weighted by atomic mass is 10.1. The Kier molecular flexibility index (Phi) is 6.41. The molecular formula is C20H24N2O5S. The molecule has 2 aromatic rings. The fraction of sp³-hybridized carbons (Fsp3) is 0.400. The summed E-state index contributed by atoms with van der Waals surface area (Å²) in [5, 5.41) is 0. The minimum absolute atomic E-state index is 0.208. The third kappa shape index (κ3) is 4.39. The zero-order valence-corrected chi connectivity index (χ0v) is 17.0. The number of fused-ring (bicyclic) bond motifs is 1. The van der Waals surface area contributed by atoms with Gasteiger partial charge in [-0.1, -0.05) is 0 Å². The van der Waals surface area contributed by atoms with Crippen LogP contribution in [0.3, 0.4) is 0 Å². The third-order valence-corrected chi connectivity index (χ3v) is 5.89. The van der Waals surface area contributed by atoms with Crippen molar-refractivity contribution in [3.63, 3.8) is 0 Å². The molecule has 2 N–H and O–H groups in total. The number of hydrogen-bond acceptors (Lipinski definition) is 6. The number of carbonyl (C=O) groups is 2. The van der Waals surface area contributed by atoms with E-state index in [-0.39, 0.29) is 18.2 Å². The molecule has 1 heterocycles. The second-order valence-electron chi connectivity index (χ2n) is 6.45. The van der Waals surface area contributed by atoms with Gasteiger partial charge in [-0.2, -0.15) is 0 Å². The molecule has 0 atom stereocenters. The van der Waals surface area contributed by atoms with Crippen LogP contribution in [-0.4, -0.2) is 33.1 Å². The van der Waals surface area contributed by atoms with Gasteiger partial charge in [0.15, 0.2) is 11.5 Å². The summed E-state index contributed by atoms with van der Waals surface area (Å²) < 4.78 is 15.9. The number of hydrazine groups is 1. The van der Waals surface area contributed by atoms with E-state index < -0.39 is 0 Å². The van der Waals surface area contributed by atoms with Crippen molar-refractivity contribution in [3.8, 4) is 17.2 Å². The quantitative estimate of drug-likeness (QED) is 0.693. The predicted octanol–water partition coefficient (Wildman–Crippen LogP) is 2.66. The van der Waals surface area contributed by atoms with E-state index in [1.807, 2.05) is 6.07 Å². The molecule has 28 heavy (non-hydrogen) atoms. The van der Waals surface area contributed by atoms with E-state index in [9.17, 15) is 9.59 Å². The lowest BCUT2D eigenvalue weighted by molar-refractivity contribution is -0.121. The number of methoxy groups -OCH3 is 3. The van der Waals surface area contributed by atoms with Gasteiger partial charge in [-0.25, -0.2) is 0 Å². The van der Waals surface area contributed by atoms with Crippen molar-refractivity contribution in [2.75, 3.05) is 21.3 Å². The van der Waals surface area contributed by atoms with Crippen LogP contribution in [0.15, 0.2) is 18.2 Å². The van der Waals surface area contributed by atoms with E-state index in [2.05, 4.69) is 10.9 Å². The first-order valence-corrected chi connectivity index (χ1v) is 9.87. The molecule has 150 valence electrons. The van der Waals surface area contributed by atoms with Crippen LogP contribution in [0.2, 0.25) is 0 Å². The van der Waals surface area contributed by atoms with Crippen LogP contribution < -0.4 is 25.1 Å². The standard InChI is InChI=1S/C20H24N2O5S/c1-25-14-9-12(10-15(26-2)19(14)27-3)7-8-18(23)21-22-20(24)17-11-13-5-4-6-16(13)28-17/h9-11H,4-8H2,1-3H3,(H,21,23)(H,22,24). The van der Waals surface area contributed by atoms with E-state index in [4.69, 9.17) is 14.2 Å². The topological polar surface area (TPSA) is 85.9 Å². The Balaban J connectivity index is 1.53. The number of amides is 2. The summed E-state index contributed by atoms with van der Waals surface area (Å²) in [7, 11) is 4.63. The summed E-state index contributed by atoms with van der Waals surface area (Å²) in [5.74, 6) is 1.03. The molecule has 1 aliphatic rings. The van der Waals surface area contributed by atoms with Gasteiger partial charge in [-0.3, -0.25) is 20.4 Å². The molecule has 0 bridgehead atoms. The van der Waals surface area contributed by atoms with E-state index in [1.54, 1.807) is 33.5 Å². The van der Waals surface area contributed by atoms with Crippen molar-refractivity contribution in [2.24, 2.45) is 0 Å². The summed E-state index contributed by atoms with van der Waals surface area (Å²) in [6, 6.07) is 5.53. The minimum atomic E-state index is -0.277. The van der Waals surface area contributed by atoms with Crippen LogP contribution in [0, 0.1) is 0 Å². The maximum atomic E-state index is 12.2. The van der Waals surface area contributed by atoms with Gasteiger partial charge < -0.3 is 14.2 Å². The highest BCUT2D eigenvalue weighted by Crippen LogP contribution is 2.38. The van der Waals surface area contributed by atoms with Crippen molar-refractivity contribution in [2.45, 2.75) is 32.1 Å². The number of carbonyl (C=O) groups excluding carboxylic acids is 2. The summed E-state index contributed by atoms with van der Waals surface area (Å²) in [6.07, 6.45) is 3.89. The number of thiophene rings is 1. The SMILES string of the molecule is COc1cc(CCC(=O)NNC(=O)c2cc3c(s2)CCC3)cc(OC)c1OC. The Morgan fingerprint density at radius 3 is 2.32 bits per heavy atom. The summed E-state index contributed by atoms with van der Waals surface area (Å²) in [4.78, 5) is 26.2. The van der Waals surface area contributed by atoms with Gasteiger partial charge in [0.1, 0.15) is 0 Å². The average Bonchev–Trinajstić information content (AvgIpc) is 3.31. The molecule has 0 aliphatic heterocycles. The molecule has 3 rings (SSSR count). The number of aryl methyl sites for hydroxylation is 3. The molecule has 0 saturated carbocycles. The highest BCUT2D eigenvalue weighted by atomic mass is 32.1. The Bertz CT molecular complexity index is 831. The first-order valence-electron chi connectivity index (χ1n) is 9.05. The molecule has 0 spiro atoms. The largest absolute Gasteiger partial charge is 0.493 e. The van der Waals surface area contributed by atoms with Crippen LogP contribution in [0.25, 0.3) is 0 Å². The van der Waals surface area contributed by atoms with Gasteiger partial charge in [0, 0.05) is 11.3 Å². The highest BCUT2D eigenvalue weighted by Gasteiger charge is 2.19. The monoisotopic (exact) mass is 404 g/mol. The molecule has 1 aliphatic carbocycles. The highest BCUT2D eigenvalue weighted by molar-refractivity contribution is 7.14. The maximum Gasteiger partial charge on any atom is 0.279 e. The molecule has 8 heteroatoms. The van der Waals surface area contributed by atoms with E-state index in [0.717, 1.165) is 24.8 Å². The molecular weight excluding hydrogens is 380 g/mol. The summed E-state index contributed by atoms with van der Waals surface area (Å²) in [6.45, 7) is 0. The van der Waals surface area contributed by atoms with Gasteiger partial charge in [0.25, 0.3) is 5.91 Å². The smallest absolute Gasteiger partial charge is 0.279 e. The lowest BCUT2D eigenvalue weighted by Gasteiger charge is -2.14. The van der Waals surface area contributed by atoms with Crippen LogP contribution in [-0.2, 0) is 24.1 Å². The van der Waals surface area contributed by atoms with Gasteiger partial charge >= 0.3 is 0 Å². The van der Waals surface area contributed by atoms with Crippen LogP contribution >= 0.6 is 11.3 Å². The molecule has 1 aromatic heterocycles. The van der Waals surface area contributed by atoms with Crippen molar-refractivity contribution in [1.29, 1.82) is 0 Å². The summed E-state index contributed by atoms with van der Waals surface area (Å²) >= 11 is 1.50. The minimum Gasteiger partial charge on any atom is -0.493 e. The molecule has 0 fully saturated rings. The number of benzene rings is 1. The zero-order valence-electron chi connectivity index (χ0n) is 16.2. The second-order valence-corrected chi connectivity index (χ2v) is 7.59. The van der Waals surface area contributed by atoms with Gasteiger partial charge in [-0.15, -0.1) is 11.3 Å². The number of ether oxygens (including phenoxy) is 3. The zero-order chi connectivity index (χ0) is 20.1. The normalized spacial score (nSPS) is 12.2. The van der Waals surface area contributed by atoms with Gasteiger partial charge in [0.05, 0.1) is 26.2 Å². The van der Waals surface area contributed by atoms with Crippen LogP contribution in [0.1, 0.15) is 38.5 Å². The van der Waals surface area contributed by atoms with Crippen LogP contribution in [0.5, 0.6) is 17.2 Å². The van der Waals surface area contributed by atoms with Crippen molar-refractivity contribution in [1.82, 2.24) is 10.9 Å². The Hall–Kier alpha value is -2.74. The molecule has 0 saturated heterocycles. The Labute approximate surface area is 168 Å². The number of rotatable bonds is 7. The van der Waals surface area contributed by atoms with Crippen molar-refractivity contribution < 1.29 is 23.8 Å². The van der Waals surface area contributed by atoms with Crippen molar-refractivity contribution >= 4 is 23.2 Å². The fourth-order valence-electron chi connectivity index (χ4n) is 3.23. The number of hydrogen-bond donors (Lipinski definition) is 2. The van der Waals surface area contributed by atoms with Crippen LogP contribution in [0.4, 0.5) is 0 Å². The first-order chi connectivity index (χ1) is 13.5. The predicted molar refractivity (Wildman–Crippen MR) is 106 cm³/mol. The molecule has 7 nitrogen and oxygen atoms in total. The van der Waals surface area contributed by atoms with E-state index in [0.29, 0.717) is 28.5 Å². The molecule has 0 unspecified atom stereocenters. The van der Waals surface area contributed by atoms with Crippen molar-refractivity contribution in [3.05, 3.63) is 39.1 Å². The lowest BCUT2D eigenvalue weighted by Crippen LogP contribution is -2.41. The third-order valence-electron chi connectivity index (χ3n) is 4.65. The van der Waals surface area contributed by atoms with E-state index >= 15 is 0 Å². The summed E-state index contributed by atoms with van der Waals surface area (Å²) in [5.41, 5.74) is 7.09. The van der Waals surface area contributed by atoms with E-state index in [1.165, 1.54) is 21.8 Å². The molecule has 2 amide bonds. The second kappa shape index (κ2) is 8.97.